The van der Waals surface area contributed by atoms with E-state index in [9.17, 15) is 9.59 Å². The van der Waals surface area contributed by atoms with Crippen molar-refractivity contribution in [3.05, 3.63) is 65.5 Å². The van der Waals surface area contributed by atoms with E-state index in [1.165, 1.54) is 0 Å². The molecule has 2 amide bonds. The molecule has 2 atom stereocenters. The predicted octanol–water partition coefficient (Wildman–Crippen LogP) is 2.63. The molecular weight excluding hydrogens is 354 g/mol. The lowest BCUT2D eigenvalue weighted by atomic mass is 9.82. The van der Waals surface area contributed by atoms with Crippen LogP contribution in [0.2, 0.25) is 0 Å². The Labute approximate surface area is 165 Å². The molecule has 3 rings (SSSR count). The smallest absolute Gasteiger partial charge is 0.225 e. The molecule has 6 nitrogen and oxygen atoms in total. The number of nitrogens with zero attached hydrogens (tertiary/aromatic N) is 2. The van der Waals surface area contributed by atoms with Crippen molar-refractivity contribution in [1.82, 2.24) is 15.2 Å². The number of nitrogens with one attached hydrogen (secondary N) is 1. The number of rotatable bonds is 7. The summed E-state index contributed by atoms with van der Waals surface area (Å²) in [5, 5.41) is 3.04. The number of pyridine rings is 1. The molecule has 0 bridgehead atoms. The highest BCUT2D eigenvalue weighted by Gasteiger charge is 2.40. The highest BCUT2D eigenvalue weighted by Crippen LogP contribution is 2.38. The molecule has 1 aliphatic heterocycles. The monoisotopic (exact) mass is 381 g/mol. The fourth-order valence-corrected chi connectivity index (χ4v) is 3.80. The lowest BCUT2D eigenvalue weighted by Gasteiger charge is -2.41. The van der Waals surface area contributed by atoms with Crippen LogP contribution in [0, 0.1) is 12.8 Å². The van der Waals surface area contributed by atoms with Crippen LogP contribution in [0.1, 0.15) is 35.6 Å². The summed E-state index contributed by atoms with van der Waals surface area (Å²) in [4.78, 5) is 31.6. The van der Waals surface area contributed by atoms with Crippen LogP contribution >= 0.6 is 0 Å². The predicted molar refractivity (Wildman–Crippen MR) is 106 cm³/mol. The van der Waals surface area contributed by atoms with Gasteiger partial charge in [0.1, 0.15) is 0 Å². The van der Waals surface area contributed by atoms with Crippen LogP contribution in [0.5, 0.6) is 0 Å². The van der Waals surface area contributed by atoms with Gasteiger partial charge in [0.05, 0.1) is 18.6 Å². The van der Waals surface area contributed by atoms with E-state index in [0.717, 1.165) is 16.7 Å². The van der Waals surface area contributed by atoms with E-state index < -0.39 is 0 Å². The molecule has 0 saturated carbocycles. The Morgan fingerprint density at radius 3 is 2.71 bits per heavy atom. The van der Waals surface area contributed by atoms with Gasteiger partial charge in [-0.2, -0.15) is 0 Å². The van der Waals surface area contributed by atoms with Gasteiger partial charge in [0.25, 0.3) is 0 Å². The molecule has 0 unspecified atom stereocenters. The minimum atomic E-state index is -0.294. The van der Waals surface area contributed by atoms with E-state index in [-0.39, 0.29) is 23.8 Å². The molecule has 28 heavy (non-hydrogen) atoms. The highest BCUT2D eigenvalue weighted by molar-refractivity contribution is 5.85. The molecule has 148 valence electrons. The zero-order valence-electron chi connectivity index (χ0n) is 16.4. The van der Waals surface area contributed by atoms with Crippen molar-refractivity contribution in [3.63, 3.8) is 0 Å². The zero-order chi connectivity index (χ0) is 19.9. The summed E-state index contributed by atoms with van der Waals surface area (Å²) in [7, 11) is 1.62. The molecule has 1 fully saturated rings. The Kier molecular flexibility index (Phi) is 6.76. The lowest BCUT2D eigenvalue weighted by molar-refractivity contribution is -0.144. The summed E-state index contributed by atoms with van der Waals surface area (Å²) >= 11 is 0. The molecule has 2 aromatic rings. The largest absolute Gasteiger partial charge is 0.383 e. The molecule has 0 radical (unpaired) electrons. The van der Waals surface area contributed by atoms with Crippen molar-refractivity contribution in [2.45, 2.75) is 32.4 Å². The number of carbonyl (C=O) groups is 2. The number of amides is 2. The number of hydrogen-bond acceptors (Lipinski definition) is 4. The van der Waals surface area contributed by atoms with E-state index in [2.05, 4.69) is 10.3 Å². The van der Waals surface area contributed by atoms with E-state index in [0.29, 0.717) is 32.5 Å². The van der Waals surface area contributed by atoms with Gasteiger partial charge in [-0.05, 0) is 42.2 Å². The van der Waals surface area contributed by atoms with Crippen molar-refractivity contribution in [2.75, 3.05) is 20.3 Å². The maximum absolute atomic E-state index is 13.1. The van der Waals surface area contributed by atoms with E-state index in [4.69, 9.17) is 4.74 Å². The van der Waals surface area contributed by atoms with Gasteiger partial charge in [0.15, 0.2) is 0 Å². The molecule has 1 aromatic heterocycles. The summed E-state index contributed by atoms with van der Waals surface area (Å²) in [6, 6.07) is 11.5. The number of aryl methyl sites for hydroxylation is 1. The Morgan fingerprint density at radius 2 is 2.00 bits per heavy atom. The van der Waals surface area contributed by atoms with Gasteiger partial charge in [-0.25, -0.2) is 0 Å². The summed E-state index contributed by atoms with van der Waals surface area (Å²) in [6.45, 7) is 3.39. The second kappa shape index (κ2) is 9.46. The lowest BCUT2D eigenvalue weighted by Crippen LogP contribution is -2.49. The topological polar surface area (TPSA) is 71.5 Å². The molecule has 1 N–H and O–H groups in total. The summed E-state index contributed by atoms with van der Waals surface area (Å²) in [5.74, 6) is -0.249. The molecule has 2 heterocycles. The number of aromatic nitrogens is 1. The van der Waals surface area contributed by atoms with Gasteiger partial charge in [0, 0.05) is 39.0 Å². The molecule has 6 heteroatoms. The van der Waals surface area contributed by atoms with Crippen LogP contribution in [0.3, 0.4) is 0 Å². The summed E-state index contributed by atoms with van der Waals surface area (Å²) in [5.41, 5.74) is 3.10. The third-order valence-corrected chi connectivity index (χ3v) is 5.30. The number of piperidine rings is 1. The standard InChI is InChI=1S/C22H27N3O3/c1-16-5-3-4-6-18(16)21-19(7-8-20(26)25(21)13-14-28-2)22(27)24-15-17-9-11-23-12-10-17/h3-6,9-12,19,21H,7-8,13-15H2,1-2H3,(H,24,27)/t19-,21+/m1/s1. The molecular formula is C22H27N3O3. The van der Waals surface area contributed by atoms with Crippen molar-refractivity contribution >= 4 is 11.8 Å². The van der Waals surface area contributed by atoms with Crippen LogP contribution in [0.15, 0.2) is 48.8 Å². The Bertz CT molecular complexity index is 810. The van der Waals surface area contributed by atoms with Crippen molar-refractivity contribution < 1.29 is 14.3 Å². The van der Waals surface area contributed by atoms with Crippen LogP contribution in [-0.4, -0.2) is 42.0 Å². The molecule has 0 aliphatic carbocycles. The highest BCUT2D eigenvalue weighted by atomic mass is 16.5. The fraction of sp³-hybridized carbons (Fsp3) is 0.409. The van der Waals surface area contributed by atoms with Gasteiger partial charge >= 0.3 is 0 Å². The number of methoxy groups -OCH3 is 1. The number of hydrogen-bond donors (Lipinski definition) is 1. The first-order chi connectivity index (χ1) is 13.6. The van der Waals surface area contributed by atoms with Crippen molar-refractivity contribution in [1.29, 1.82) is 0 Å². The van der Waals surface area contributed by atoms with Crippen LogP contribution in [0.4, 0.5) is 0 Å². The average Bonchev–Trinajstić information content (AvgIpc) is 2.72. The van der Waals surface area contributed by atoms with Gasteiger partial charge in [-0.3, -0.25) is 14.6 Å². The number of benzene rings is 1. The normalized spacial score (nSPS) is 19.5. The quantitative estimate of drug-likeness (QED) is 0.800. The Balaban J connectivity index is 1.85. The average molecular weight is 381 g/mol. The minimum Gasteiger partial charge on any atom is -0.383 e. The zero-order valence-corrected chi connectivity index (χ0v) is 16.4. The van der Waals surface area contributed by atoms with Gasteiger partial charge in [-0.1, -0.05) is 24.3 Å². The maximum atomic E-state index is 13.1. The van der Waals surface area contributed by atoms with Crippen molar-refractivity contribution in [3.8, 4) is 0 Å². The van der Waals surface area contributed by atoms with E-state index in [1.807, 2.05) is 48.2 Å². The Hall–Kier alpha value is -2.73. The van der Waals surface area contributed by atoms with Crippen molar-refractivity contribution in [2.24, 2.45) is 5.92 Å². The first-order valence-corrected chi connectivity index (χ1v) is 9.62. The third kappa shape index (κ3) is 4.57. The molecule has 1 aliphatic rings. The second-order valence-electron chi connectivity index (χ2n) is 7.10. The number of carbonyl (C=O) groups excluding carboxylic acids is 2. The van der Waals surface area contributed by atoms with Gasteiger partial charge < -0.3 is 15.0 Å². The second-order valence-corrected chi connectivity index (χ2v) is 7.10. The summed E-state index contributed by atoms with van der Waals surface area (Å²) < 4.78 is 5.21. The first-order valence-electron chi connectivity index (χ1n) is 9.62. The van der Waals surface area contributed by atoms with Crippen LogP contribution in [0.25, 0.3) is 0 Å². The minimum absolute atomic E-state index is 0.0278. The molecule has 1 aromatic carbocycles. The maximum Gasteiger partial charge on any atom is 0.225 e. The Morgan fingerprint density at radius 1 is 1.25 bits per heavy atom. The third-order valence-electron chi connectivity index (χ3n) is 5.30. The van der Waals surface area contributed by atoms with Gasteiger partial charge in [-0.15, -0.1) is 0 Å². The number of ether oxygens (including phenoxy) is 1. The van der Waals surface area contributed by atoms with E-state index in [1.54, 1.807) is 19.5 Å². The number of likely N-dealkylation sites (tertiary alicyclic amines) is 1. The van der Waals surface area contributed by atoms with Crippen LogP contribution in [-0.2, 0) is 20.9 Å². The summed E-state index contributed by atoms with van der Waals surface area (Å²) in [6.07, 6.45) is 4.34. The molecule has 0 spiro atoms. The SMILES string of the molecule is COCCN1C(=O)CC[C@@H](C(=O)NCc2ccncc2)[C@@H]1c1ccccc1C. The first kappa shape index (κ1) is 20.0. The molecule has 1 saturated heterocycles. The van der Waals surface area contributed by atoms with Crippen LogP contribution < -0.4 is 5.32 Å². The fourth-order valence-electron chi connectivity index (χ4n) is 3.80. The van der Waals surface area contributed by atoms with Gasteiger partial charge in [0.2, 0.25) is 11.8 Å². The van der Waals surface area contributed by atoms with E-state index >= 15 is 0 Å².